The molecule has 24 heavy (non-hydrogen) atoms. The Morgan fingerprint density at radius 2 is 2.12 bits per heavy atom. The molecule has 4 nitrogen and oxygen atoms in total. The first-order valence-corrected chi connectivity index (χ1v) is 9.36. The van der Waals surface area contributed by atoms with E-state index in [2.05, 4.69) is 17.1 Å². The minimum atomic E-state index is 0.134. The van der Waals surface area contributed by atoms with E-state index in [-0.39, 0.29) is 5.91 Å². The number of nitrogens with one attached hydrogen (secondary N) is 1. The quantitative estimate of drug-likeness (QED) is 0.703. The summed E-state index contributed by atoms with van der Waals surface area (Å²) in [6.07, 6.45) is 6.31. The van der Waals surface area contributed by atoms with Crippen LogP contribution in [0.5, 0.6) is 5.75 Å². The van der Waals surface area contributed by atoms with Crippen molar-refractivity contribution in [1.29, 1.82) is 0 Å². The van der Waals surface area contributed by atoms with Crippen LogP contribution in [0.3, 0.4) is 0 Å². The van der Waals surface area contributed by atoms with Crippen LogP contribution in [0.4, 0.5) is 0 Å². The van der Waals surface area contributed by atoms with Gasteiger partial charge in [0, 0.05) is 25.6 Å². The first-order chi connectivity index (χ1) is 11.7. The van der Waals surface area contributed by atoms with Gasteiger partial charge in [0.1, 0.15) is 5.75 Å². The van der Waals surface area contributed by atoms with Crippen molar-refractivity contribution in [3.63, 3.8) is 0 Å². The van der Waals surface area contributed by atoms with Crippen LogP contribution in [0.1, 0.15) is 51.0 Å². The molecule has 0 saturated carbocycles. The summed E-state index contributed by atoms with van der Waals surface area (Å²) in [5.74, 6) is 1.05. The second-order valence-corrected chi connectivity index (χ2v) is 6.80. The molecule has 2 rings (SSSR count). The highest BCUT2D eigenvalue weighted by Gasteiger charge is 2.17. The van der Waals surface area contributed by atoms with Gasteiger partial charge in [0.2, 0.25) is 5.91 Å². The zero-order chi connectivity index (χ0) is 17.2. The monoisotopic (exact) mass is 332 g/mol. The predicted octanol–water partition coefficient (Wildman–Crippen LogP) is 3.53. The van der Waals surface area contributed by atoms with Crippen LogP contribution in [0, 0.1) is 6.92 Å². The number of aryl methyl sites for hydroxylation is 1. The molecule has 1 atom stereocenters. The number of carbonyl (C=O) groups excluding carboxylic acids is 1. The van der Waals surface area contributed by atoms with Gasteiger partial charge in [-0.15, -0.1) is 0 Å². The van der Waals surface area contributed by atoms with Crippen molar-refractivity contribution in [2.45, 2.75) is 58.4 Å². The molecule has 1 unspecified atom stereocenters. The van der Waals surface area contributed by atoms with E-state index in [4.69, 9.17) is 4.74 Å². The first kappa shape index (κ1) is 18.8. The lowest BCUT2D eigenvalue weighted by Gasteiger charge is -2.33. The SMILES string of the molecule is Cc1ccccc1OCCCC(=O)NCCCN1CCCCC1C. The van der Waals surface area contributed by atoms with E-state index < -0.39 is 0 Å². The third kappa shape index (κ3) is 6.52. The van der Waals surface area contributed by atoms with E-state index in [1.165, 1.54) is 25.8 Å². The summed E-state index contributed by atoms with van der Waals surface area (Å²) in [6, 6.07) is 8.67. The van der Waals surface area contributed by atoms with Crippen molar-refractivity contribution in [2.75, 3.05) is 26.2 Å². The van der Waals surface area contributed by atoms with E-state index >= 15 is 0 Å². The lowest BCUT2D eigenvalue weighted by molar-refractivity contribution is -0.121. The van der Waals surface area contributed by atoms with Gasteiger partial charge in [-0.1, -0.05) is 24.6 Å². The highest BCUT2D eigenvalue weighted by atomic mass is 16.5. The number of para-hydroxylation sites is 1. The Bertz CT molecular complexity index is 504. The maximum atomic E-state index is 11.9. The van der Waals surface area contributed by atoms with E-state index in [9.17, 15) is 4.79 Å². The molecule has 4 heteroatoms. The van der Waals surface area contributed by atoms with Crippen LogP contribution in [0.2, 0.25) is 0 Å². The van der Waals surface area contributed by atoms with Crippen molar-refractivity contribution in [3.8, 4) is 5.75 Å². The second-order valence-electron chi connectivity index (χ2n) is 6.80. The fourth-order valence-corrected chi connectivity index (χ4v) is 3.22. The van der Waals surface area contributed by atoms with Crippen molar-refractivity contribution >= 4 is 5.91 Å². The van der Waals surface area contributed by atoms with E-state index in [0.717, 1.165) is 37.2 Å². The molecule has 1 saturated heterocycles. The number of carbonyl (C=O) groups is 1. The topological polar surface area (TPSA) is 41.6 Å². The zero-order valence-electron chi connectivity index (χ0n) is 15.2. The van der Waals surface area contributed by atoms with Crippen LogP contribution >= 0.6 is 0 Å². The summed E-state index contributed by atoms with van der Waals surface area (Å²) >= 11 is 0. The lowest BCUT2D eigenvalue weighted by atomic mass is 10.0. The molecule has 0 radical (unpaired) electrons. The Morgan fingerprint density at radius 3 is 2.92 bits per heavy atom. The molecule has 1 aliphatic rings. The van der Waals surface area contributed by atoms with Gasteiger partial charge in [-0.25, -0.2) is 0 Å². The average molecular weight is 332 g/mol. The summed E-state index contributed by atoms with van der Waals surface area (Å²) in [7, 11) is 0. The molecule has 1 heterocycles. The average Bonchev–Trinajstić information content (AvgIpc) is 2.58. The number of likely N-dealkylation sites (tertiary alicyclic amines) is 1. The molecule has 0 aromatic heterocycles. The van der Waals surface area contributed by atoms with Crippen LogP contribution in [-0.4, -0.2) is 43.1 Å². The number of hydrogen-bond donors (Lipinski definition) is 1. The Hall–Kier alpha value is -1.55. The van der Waals surface area contributed by atoms with Crippen LogP contribution < -0.4 is 10.1 Å². The molecule has 1 amide bonds. The molecule has 1 N–H and O–H groups in total. The standard InChI is InChI=1S/C20H32N2O2/c1-17-9-3-4-11-19(17)24-16-7-12-20(23)21-13-8-15-22-14-6-5-10-18(22)2/h3-4,9,11,18H,5-8,10,12-16H2,1-2H3,(H,21,23). The first-order valence-electron chi connectivity index (χ1n) is 9.36. The molecule has 1 fully saturated rings. The number of piperidine rings is 1. The van der Waals surface area contributed by atoms with Gasteiger partial charge in [0.25, 0.3) is 0 Å². The van der Waals surface area contributed by atoms with E-state index in [1.54, 1.807) is 0 Å². The summed E-state index contributed by atoms with van der Waals surface area (Å²) in [5.41, 5.74) is 1.13. The fourth-order valence-electron chi connectivity index (χ4n) is 3.22. The second kappa shape index (κ2) is 10.3. The number of amides is 1. The third-order valence-corrected chi connectivity index (χ3v) is 4.78. The summed E-state index contributed by atoms with van der Waals surface area (Å²) in [6.45, 7) is 8.02. The summed E-state index contributed by atoms with van der Waals surface area (Å²) in [4.78, 5) is 14.4. The Morgan fingerprint density at radius 1 is 1.29 bits per heavy atom. The molecule has 0 bridgehead atoms. The van der Waals surface area contributed by atoms with Crippen molar-refractivity contribution in [2.24, 2.45) is 0 Å². The van der Waals surface area contributed by atoms with Gasteiger partial charge in [-0.05, 0) is 57.7 Å². The van der Waals surface area contributed by atoms with Crippen molar-refractivity contribution in [3.05, 3.63) is 29.8 Å². The molecule has 134 valence electrons. The number of nitrogens with zero attached hydrogens (tertiary/aromatic N) is 1. The van der Waals surface area contributed by atoms with Gasteiger partial charge in [-0.2, -0.15) is 0 Å². The van der Waals surface area contributed by atoms with Crippen LogP contribution in [0.25, 0.3) is 0 Å². The number of ether oxygens (including phenoxy) is 1. The van der Waals surface area contributed by atoms with Gasteiger partial charge >= 0.3 is 0 Å². The van der Waals surface area contributed by atoms with Crippen molar-refractivity contribution in [1.82, 2.24) is 10.2 Å². The molecular formula is C20H32N2O2. The van der Waals surface area contributed by atoms with Crippen LogP contribution in [-0.2, 0) is 4.79 Å². The molecular weight excluding hydrogens is 300 g/mol. The summed E-state index contributed by atoms with van der Waals surface area (Å²) in [5, 5.41) is 3.03. The Balaban J connectivity index is 1.50. The number of benzene rings is 1. The Kier molecular flexibility index (Phi) is 8.10. The highest BCUT2D eigenvalue weighted by molar-refractivity contribution is 5.75. The van der Waals surface area contributed by atoms with Gasteiger partial charge in [0.05, 0.1) is 6.61 Å². The zero-order valence-corrected chi connectivity index (χ0v) is 15.2. The van der Waals surface area contributed by atoms with Gasteiger partial charge in [0.15, 0.2) is 0 Å². The summed E-state index contributed by atoms with van der Waals surface area (Å²) < 4.78 is 5.72. The fraction of sp³-hybridized carbons (Fsp3) is 0.650. The van der Waals surface area contributed by atoms with Crippen LogP contribution in [0.15, 0.2) is 24.3 Å². The van der Waals surface area contributed by atoms with Gasteiger partial charge < -0.3 is 15.0 Å². The smallest absolute Gasteiger partial charge is 0.220 e. The number of hydrogen-bond acceptors (Lipinski definition) is 3. The molecule has 0 aliphatic carbocycles. The maximum Gasteiger partial charge on any atom is 0.220 e. The third-order valence-electron chi connectivity index (χ3n) is 4.78. The lowest BCUT2D eigenvalue weighted by Crippen LogP contribution is -2.39. The minimum absolute atomic E-state index is 0.134. The molecule has 1 aliphatic heterocycles. The molecule has 0 spiro atoms. The van der Waals surface area contributed by atoms with E-state index in [1.807, 2.05) is 31.2 Å². The van der Waals surface area contributed by atoms with Gasteiger partial charge in [-0.3, -0.25) is 4.79 Å². The molecule has 1 aromatic rings. The maximum absolute atomic E-state index is 11.9. The normalized spacial score (nSPS) is 18.3. The van der Waals surface area contributed by atoms with E-state index in [0.29, 0.717) is 19.1 Å². The largest absolute Gasteiger partial charge is 0.493 e. The highest BCUT2D eigenvalue weighted by Crippen LogP contribution is 2.17. The van der Waals surface area contributed by atoms with Crippen molar-refractivity contribution < 1.29 is 9.53 Å². The number of rotatable bonds is 9. The molecule has 1 aromatic carbocycles. The Labute approximate surface area is 146 Å². The predicted molar refractivity (Wildman–Crippen MR) is 98.4 cm³/mol. The minimum Gasteiger partial charge on any atom is -0.493 e.